The van der Waals surface area contributed by atoms with Gasteiger partial charge in [0, 0.05) is 24.8 Å². The average molecular weight is 292 g/mol. The van der Waals surface area contributed by atoms with E-state index in [1.807, 2.05) is 32.6 Å². The number of amides is 1. The van der Waals surface area contributed by atoms with E-state index in [-0.39, 0.29) is 17.1 Å². The van der Waals surface area contributed by atoms with E-state index >= 15 is 0 Å². The van der Waals surface area contributed by atoms with E-state index < -0.39 is 0 Å². The first kappa shape index (κ1) is 15.6. The van der Waals surface area contributed by atoms with Gasteiger partial charge in [0.1, 0.15) is 5.75 Å². The molecule has 5 heteroatoms. The number of benzene rings is 1. The number of carbonyl (C=O) groups is 1. The van der Waals surface area contributed by atoms with Gasteiger partial charge in [-0.25, -0.2) is 0 Å². The molecule has 116 valence electrons. The Labute approximate surface area is 126 Å². The molecule has 2 N–H and O–H groups in total. The summed E-state index contributed by atoms with van der Waals surface area (Å²) in [6, 6.07) is 5.14. The van der Waals surface area contributed by atoms with Crippen LogP contribution in [-0.2, 0) is 4.74 Å². The van der Waals surface area contributed by atoms with Gasteiger partial charge in [-0.3, -0.25) is 4.79 Å². The van der Waals surface area contributed by atoms with Gasteiger partial charge in [0.05, 0.1) is 23.9 Å². The fourth-order valence-electron chi connectivity index (χ4n) is 2.96. The zero-order valence-electron chi connectivity index (χ0n) is 13.4. The molecule has 0 radical (unpaired) electrons. The van der Waals surface area contributed by atoms with E-state index in [1.165, 1.54) is 0 Å². The molecule has 0 aromatic heterocycles. The summed E-state index contributed by atoms with van der Waals surface area (Å²) in [5, 5.41) is 0. The Morgan fingerprint density at radius 1 is 1.24 bits per heavy atom. The third-order valence-electron chi connectivity index (χ3n) is 3.47. The Morgan fingerprint density at radius 3 is 2.29 bits per heavy atom. The molecule has 1 aromatic carbocycles. The van der Waals surface area contributed by atoms with Crippen molar-refractivity contribution in [2.45, 2.75) is 38.9 Å². The van der Waals surface area contributed by atoms with Crippen LogP contribution in [0.1, 0.15) is 38.1 Å². The predicted octanol–water partition coefficient (Wildman–Crippen LogP) is 2.31. The Morgan fingerprint density at radius 2 is 1.81 bits per heavy atom. The maximum absolute atomic E-state index is 12.7. The summed E-state index contributed by atoms with van der Waals surface area (Å²) in [5.74, 6) is 0.575. The van der Waals surface area contributed by atoms with Crippen molar-refractivity contribution in [1.82, 2.24) is 4.90 Å². The van der Waals surface area contributed by atoms with Gasteiger partial charge in [-0.15, -0.1) is 0 Å². The normalized spacial score (nSPS) is 20.1. The molecule has 21 heavy (non-hydrogen) atoms. The number of anilines is 1. The van der Waals surface area contributed by atoms with Crippen LogP contribution in [-0.4, -0.2) is 42.2 Å². The van der Waals surface area contributed by atoms with Crippen molar-refractivity contribution in [3.05, 3.63) is 23.8 Å². The Bertz CT molecular complexity index is 536. The number of ether oxygens (including phenoxy) is 2. The second-order valence-electron chi connectivity index (χ2n) is 6.74. The molecule has 0 saturated carbocycles. The summed E-state index contributed by atoms with van der Waals surface area (Å²) in [6.07, 6.45) is 0. The lowest BCUT2D eigenvalue weighted by Gasteiger charge is -2.47. The number of hydrogen-bond acceptors (Lipinski definition) is 4. The molecule has 1 heterocycles. The molecule has 1 aliphatic heterocycles. The molecule has 1 amide bonds. The molecular weight excluding hydrogens is 268 g/mol. The van der Waals surface area contributed by atoms with Crippen molar-refractivity contribution in [3.63, 3.8) is 0 Å². The molecule has 2 rings (SSSR count). The fraction of sp³-hybridized carbons (Fsp3) is 0.562. The molecule has 0 bridgehead atoms. The lowest BCUT2D eigenvalue weighted by molar-refractivity contribution is -0.171. The molecule has 0 unspecified atom stereocenters. The molecule has 1 saturated heterocycles. The van der Waals surface area contributed by atoms with E-state index in [4.69, 9.17) is 15.2 Å². The number of hydrogen-bond donors (Lipinski definition) is 1. The van der Waals surface area contributed by atoms with Crippen molar-refractivity contribution >= 4 is 11.6 Å². The number of nitrogens with zero attached hydrogens (tertiary/aromatic N) is 1. The van der Waals surface area contributed by atoms with Crippen LogP contribution in [0.3, 0.4) is 0 Å². The van der Waals surface area contributed by atoms with E-state index in [2.05, 4.69) is 0 Å². The maximum Gasteiger partial charge on any atom is 0.256 e. The summed E-state index contributed by atoms with van der Waals surface area (Å²) in [5.41, 5.74) is 6.16. The predicted molar refractivity (Wildman–Crippen MR) is 82.6 cm³/mol. The zero-order chi connectivity index (χ0) is 15.8. The molecule has 0 aliphatic carbocycles. The van der Waals surface area contributed by atoms with Crippen molar-refractivity contribution in [2.75, 3.05) is 25.9 Å². The Kier molecular flexibility index (Phi) is 3.89. The SMILES string of the molecule is COc1ccc(C(=O)N2CC(C)(C)OC(C)(C)C2)c(N)c1. The number of morpholine rings is 1. The molecule has 1 fully saturated rings. The third-order valence-corrected chi connectivity index (χ3v) is 3.47. The summed E-state index contributed by atoms with van der Waals surface area (Å²) in [7, 11) is 1.57. The van der Waals surface area contributed by atoms with Crippen LogP contribution >= 0.6 is 0 Å². The number of nitrogen functional groups attached to an aromatic ring is 1. The van der Waals surface area contributed by atoms with Crippen LogP contribution in [0, 0.1) is 0 Å². The second-order valence-corrected chi connectivity index (χ2v) is 6.74. The quantitative estimate of drug-likeness (QED) is 0.850. The van der Waals surface area contributed by atoms with Crippen molar-refractivity contribution < 1.29 is 14.3 Å². The van der Waals surface area contributed by atoms with Crippen LogP contribution < -0.4 is 10.5 Å². The van der Waals surface area contributed by atoms with Crippen LogP contribution in [0.4, 0.5) is 5.69 Å². The van der Waals surface area contributed by atoms with Gasteiger partial charge in [0.2, 0.25) is 0 Å². The summed E-state index contributed by atoms with van der Waals surface area (Å²) in [6.45, 7) is 9.05. The van der Waals surface area contributed by atoms with Crippen LogP contribution in [0.25, 0.3) is 0 Å². The van der Waals surface area contributed by atoms with E-state index in [0.717, 1.165) is 0 Å². The average Bonchev–Trinajstić information content (AvgIpc) is 2.34. The van der Waals surface area contributed by atoms with Crippen molar-refractivity contribution in [1.29, 1.82) is 0 Å². The van der Waals surface area contributed by atoms with Gasteiger partial charge in [-0.05, 0) is 39.8 Å². The highest BCUT2D eigenvalue weighted by Crippen LogP contribution is 2.30. The minimum Gasteiger partial charge on any atom is -0.497 e. The summed E-state index contributed by atoms with van der Waals surface area (Å²) >= 11 is 0. The lowest BCUT2D eigenvalue weighted by atomic mass is 9.98. The summed E-state index contributed by atoms with van der Waals surface area (Å²) < 4.78 is 11.1. The Hall–Kier alpha value is -1.75. The zero-order valence-corrected chi connectivity index (χ0v) is 13.4. The largest absolute Gasteiger partial charge is 0.497 e. The first-order valence-electron chi connectivity index (χ1n) is 7.06. The van der Waals surface area contributed by atoms with Gasteiger partial charge in [-0.1, -0.05) is 0 Å². The topological polar surface area (TPSA) is 64.8 Å². The monoisotopic (exact) mass is 292 g/mol. The van der Waals surface area contributed by atoms with E-state index in [1.54, 1.807) is 25.3 Å². The molecule has 0 spiro atoms. The van der Waals surface area contributed by atoms with Crippen molar-refractivity contribution in [3.8, 4) is 5.75 Å². The van der Waals surface area contributed by atoms with Gasteiger partial charge < -0.3 is 20.1 Å². The first-order valence-corrected chi connectivity index (χ1v) is 7.06. The highest BCUT2D eigenvalue weighted by Gasteiger charge is 2.40. The van der Waals surface area contributed by atoms with Gasteiger partial charge in [-0.2, -0.15) is 0 Å². The highest BCUT2D eigenvalue weighted by molar-refractivity contribution is 5.99. The number of carbonyl (C=O) groups excluding carboxylic acids is 1. The lowest BCUT2D eigenvalue weighted by Crippen LogP contribution is -2.58. The molecule has 1 aliphatic rings. The fourth-order valence-corrected chi connectivity index (χ4v) is 2.96. The smallest absolute Gasteiger partial charge is 0.256 e. The van der Waals surface area contributed by atoms with Gasteiger partial charge >= 0.3 is 0 Å². The maximum atomic E-state index is 12.7. The number of methoxy groups -OCH3 is 1. The number of nitrogens with two attached hydrogens (primary N) is 1. The van der Waals surface area contributed by atoms with Crippen molar-refractivity contribution in [2.24, 2.45) is 0 Å². The van der Waals surface area contributed by atoms with E-state index in [9.17, 15) is 4.79 Å². The molecule has 5 nitrogen and oxygen atoms in total. The van der Waals surface area contributed by atoms with Crippen LogP contribution in [0.5, 0.6) is 5.75 Å². The second kappa shape index (κ2) is 5.22. The van der Waals surface area contributed by atoms with Crippen LogP contribution in [0.2, 0.25) is 0 Å². The standard InChI is InChI=1S/C16H24N2O3/c1-15(2)9-18(10-16(3,4)21-15)14(19)12-7-6-11(20-5)8-13(12)17/h6-8H,9-10,17H2,1-5H3. The number of rotatable bonds is 2. The minimum absolute atomic E-state index is 0.0698. The molecular formula is C16H24N2O3. The summed E-state index contributed by atoms with van der Waals surface area (Å²) in [4.78, 5) is 14.6. The van der Waals surface area contributed by atoms with Crippen LogP contribution in [0.15, 0.2) is 18.2 Å². The molecule has 1 aromatic rings. The van der Waals surface area contributed by atoms with Gasteiger partial charge in [0.15, 0.2) is 0 Å². The van der Waals surface area contributed by atoms with Gasteiger partial charge in [0.25, 0.3) is 5.91 Å². The molecule has 0 atom stereocenters. The third kappa shape index (κ3) is 3.47. The highest BCUT2D eigenvalue weighted by atomic mass is 16.5. The van der Waals surface area contributed by atoms with E-state index in [0.29, 0.717) is 30.1 Å². The minimum atomic E-state index is -0.376. The Balaban J connectivity index is 2.27. The first-order chi connectivity index (χ1) is 9.63.